The van der Waals surface area contributed by atoms with E-state index in [0.29, 0.717) is 13.2 Å². The monoisotopic (exact) mass is 217 g/mol. The summed E-state index contributed by atoms with van der Waals surface area (Å²) in [7, 11) is 0. The van der Waals surface area contributed by atoms with E-state index in [2.05, 4.69) is 4.99 Å². The summed E-state index contributed by atoms with van der Waals surface area (Å²) in [6.45, 7) is 1.16. The summed E-state index contributed by atoms with van der Waals surface area (Å²) < 4.78 is 10.9. The highest BCUT2D eigenvalue weighted by molar-refractivity contribution is 5.49. The maximum absolute atomic E-state index is 10.4. The highest BCUT2D eigenvalue weighted by atomic mass is 16.6. The lowest BCUT2D eigenvalue weighted by atomic mass is 10.0. The van der Waals surface area contributed by atoms with Crippen LogP contribution in [0.1, 0.15) is 18.4 Å². The van der Waals surface area contributed by atoms with E-state index in [1.54, 1.807) is 6.08 Å². The molecule has 0 amide bonds. The van der Waals surface area contributed by atoms with E-state index in [1.807, 2.05) is 18.2 Å². The normalized spacial score (nSPS) is 19.8. The zero-order valence-corrected chi connectivity index (χ0v) is 8.73. The van der Waals surface area contributed by atoms with Crippen LogP contribution in [0.5, 0.6) is 11.5 Å². The summed E-state index contributed by atoms with van der Waals surface area (Å²) in [4.78, 5) is 14.3. The first kappa shape index (κ1) is 9.43. The maximum atomic E-state index is 10.4. The van der Waals surface area contributed by atoms with Gasteiger partial charge in [0.1, 0.15) is 13.2 Å². The summed E-state index contributed by atoms with van der Waals surface area (Å²) in [6, 6.07) is 5.74. The molecule has 16 heavy (non-hydrogen) atoms. The average Bonchev–Trinajstić information content (AvgIpc) is 3.10. The van der Waals surface area contributed by atoms with Crippen LogP contribution in [0.25, 0.3) is 0 Å². The van der Waals surface area contributed by atoms with Crippen molar-refractivity contribution in [1.29, 1.82) is 0 Å². The molecular weight excluding hydrogens is 206 g/mol. The fourth-order valence-corrected chi connectivity index (χ4v) is 2.00. The van der Waals surface area contributed by atoms with Crippen LogP contribution in [-0.4, -0.2) is 19.3 Å². The van der Waals surface area contributed by atoms with E-state index in [1.165, 1.54) is 0 Å². The first-order chi connectivity index (χ1) is 7.84. The van der Waals surface area contributed by atoms with Crippen LogP contribution in [-0.2, 0) is 10.3 Å². The van der Waals surface area contributed by atoms with E-state index in [4.69, 9.17) is 9.47 Å². The van der Waals surface area contributed by atoms with Crippen molar-refractivity contribution in [3.05, 3.63) is 23.8 Å². The molecule has 1 aromatic rings. The Morgan fingerprint density at radius 3 is 2.62 bits per heavy atom. The van der Waals surface area contributed by atoms with Crippen LogP contribution < -0.4 is 9.47 Å². The van der Waals surface area contributed by atoms with Gasteiger partial charge in [-0.1, -0.05) is 6.07 Å². The molecule has 82 valence electrons. The molecule has 1 saturated carbocycles. The largest absolute Gasteiger partial charge is 0.486 e. The van der Waals surface area contributed by atoms with Gasteiger partial charge in [-0.2, -0.15) is 4.99 Å². The van der Waals surface area contributed by atoms with Crippen molar-refractivity contribution >= 4 is 6.08 Å². The summed E-state index contributed by atoms with van der Waals surface area (Å²) in [6.07, 6.45) is 3.46. The Labute approximate surface area is 92.9 Å². The minimum atomic E-state index is -0.336. The second-order valence-electron chi connectivity index (χ2n) is 4.09. The van der Waals surface area contributed by atoms with Gasteiger partial charge in [0.25, 0.3) is 0 Å². The predicted octanol–water partition coefficient (Wildman–Crippen LogP) is 1.78. The van der Waals surface area contributed by atoms with Crippen LogP contribution in [0.15, 0.2) is 23.2 Å². The quantitative estimate of drug-likeness (QED) is 0.560. The number of hydrogen-bond acceptors (Lipinski definition) is 4. The fourth-order valence-electron chi connectivity index (χ4n) is 2.00. The van der Waals surface area contributed by atoms with Gasteiger partial charge in [-0.15, -0.1) is 0 Å². The topological polar surface area (TPSA) is 47.9 Å². The predicted molar refractivity (Wildman–Crippen MR) is 56.5 cm³/mol. The van der Waals surface area contributed by atoms with Crippen molar-refractivity contribution in [1.82, 2.24) is 0 Å². The molecule has 0 saturated heterocycles. The minimum absolute atomic E-state index is 0.336. The van der Waals surface area contributed by atoms with Crippen LogP contribution in [0.2, 0.25) is 0 Å². The number of rotatable bonds is 2. The molecule has 2 aliphatic rings. The Hall–Kier alpha value is -1.80. The van der Waals surface area contributed by atoms with Crippen molar-refractivity contribution in [2.45, 2.75) is 18.4 Å². The van der Waals surface area contributed by atoms with Crippen molar-refractivity contribution in [3.8, 4) is 11.5 Å². The third-order valence-corrected chi connectivity index (χ3v) is 3.06. The third-order valence-electron chi connectivity index (χ3n) is 3.06. The van der Waals surface area contributed by atoms with E-state index in [-0.39, 0.29) is 5.54 Å². The Kier molecular flexibility index (Phi) is 1.98. The number of benzene rings is 1. The van der Waals surface area contributed by atoms with E-state index in [0.717, 1.165) is 29.9 Å². The lowest BCUT2D eigenvalue weighted by Gasteiger charge is -2.20. The van der Waals surface area contributed by atoms with Crippen molar-refractivity contribution in [3.63, 3.8) is 0 Å². The molecular formula is C12H11NO3. The molecule has 0 unspecified atom stereocenters. The molecule has 1 aliphatic heterocycles. The number of carbonyl (C=O) groups excluding carboxylic acids is 1. The number of aliphatic imine (C=N–C) groups is 1. The molecule has 4 nitrogen and oxygen atoms in total. The number of isocyanates is 1. The van der Waals surface area contributed by atoms with Gasteiger partial charge in [0.2, 0.25) is 6.08 Å². The van der Waals surface area contributed by atoms with Crippen molar-refractivity contribution < 1.29 is 14.3 Å². The summed E-state index contributed by atoms with van der Waals surface area (Å²) in [5.74, 6) is 1.51. The number of ether oxygens (including phenoxy) is 2. The van der Waals surface area contributed by atoms with Gasteiger partial charge in [-0.25, -0.2) is 4.79 Å². The average molecular weight is 217 g/mol. The van der Waals surface area contributed by atoms with E-state index >= 15 is 0 Å². The van der Waals surface area contributed by atoms with E-state index < -0.39 is 0 Å². The molecule has 0 spiro atoms. The Bertz CT molecular complexity index is 473. The molecule has 0 atom stereocenters. The summed E-state index contributed by atoms with van der Waals surface area (Å²) in [5, 5.41) is 0. The molecule has 0 radical (unpaired) electrons. The number of fused-ring (bicyclic) bond motifs is 1. The molecule has 0 aromatic heterocycles. The Morgan fingerprint density at radius 1 is 1.19 bits per heavy atom. The highest BCUT2D eigenvalue weighted by Crippen LogP contribution is 2.50. The van der Waals surface area contributed by atoms with Crippen LogP contribution >= 0.6 is 0 Å². The second kappa shape index (κ2) is 3.35. The maximum Gasteiger partial charge on any atom is 0.235 e. The van der Waals surface area contributed by atoms with Gasteiger partial charge >= 0.3 is 0 Å². The van der Waals surface area contributed by atoms with Gasteiger partial charge in [0, 0.05) is 0 Å². The SMILES string of the molecule is O=C=NC1(c2ccc3c(c2)OCCO3)CC1. The van der Waals surface area contributed by atoms with Gasteiger partial charge in [0.05, 0.1) is 5.54 Å². The summed E-state index contributed by atoms with van der Waals surface area (Å²) in [5.41, 5.74) is 0.678. The first-order valence-electron chi connectivity index (χ1n) is 5.33. The second-order valence-corrected chi connectivity index (χ2v) is 4.09. The molecule has 1 fully saturated rings. The Balaban J connectivity index is 2.00. The minimum Gasteiger partial charge on any atom is -0.486 e. The lowest BCUT2D eigenvalue weighted by Crippen LogP contribution is -2.16. The zero-order chi connectivity index (χ0) is 11.0. The van der Waals surface area contributed by atoms with E-state index in [9.17, 15) is 4.79 Å². The van der Waals surface area contributed by atoms with Crippen molar-refractivity contribution in [2.24, 2.45) is 4.99 Å². The molecule has 1 aliphatic carbocycles. The zero-order valence-electron chi connectivity index (χ0n) is 8.73. The van der Waals surface area contributed by atoms with Crippen LogP contribution in [0.4, 0.5) is 0 Å². The smallest absolute Gasteiger partial charge is 0.235 e. The fraction of sp³-hybridized carbons (Fsp3) is 0.417. The molecule has 0 bridgehead atoms. The van der Waals surface area contributed by atoms with Gasteiger partial charge in [-0.3, -0.25) is 0 Å². The van der Waals surface area contributed by atoms with Crippen LogP contribution in [0.3, 0.4) is 0 Å². The first-order valence-corrected chi connectivity index (χ1v) is 5.33. The van der Waals surface area contributed by atoms with Gasteiger partial charge < -0.3 is 9.47 Å². The third kappa shape index (κ3) is 1.39. The standard InChI is InChI=1S/C12H11NO3/c14-8-13-12(3-4-12)9-1-2-10-11(7-9)16-6-5-15-10/h1-2,7H,3-6H2. The lowest BCUT2D eigenvalue weighted by molar-refractivity contribution is 0.171. The van der Waals surface area contributed by atoms with Gasteiger partial charge in [0.15, 0.2) is 11.5 Å². The highest BCUT2D eigenvalue weighted by Gasteiger charge is 2.45. The molecule has 1 aromatic carbocycles. The van der Waals surface area contributed by atoms with Crippen LogP contribution in [0, 0.1) is 0 Å². The molecule has 3 rings (SSSR count). The molecule has 4 heteroatoms. The van der Waals surface area contributed by atoms with Crippen molar-refractivity contribution in [2.75, 3.05) is 13.2 Å². The Morgan fingerprint density at radius 2 is 1.94 bits per heavy atom. The molecule has 0 N–H and O–H groups in total. The summed E-state index contributed by atoms with van der Waals surface area (Å²) >= 11 is 0. The molecule has 1 heterocycles. The van der Waals surface area contributed by atoms with Gasteiger partial charge in [-0.05, 0) is 30.5 Å². The number of hydrogen-bond donors (Lipinski definition) is 0. The number of nitrogens with zero attached hydrogens (tertiary/aromatic N) is 1.